The van der Waals surface area contributed by atoms with E-state index >= 15 is 0 Å². The number of hydrogen-bond acceptors (Lipinski definition) is 3. The summed E-state index contributed by atoms with van der Waals surface area (Å²) in [6, 6.07) is 9.52. The second kappa shape index (κ2) is 7.32. The molecule has 1 aliphatic heterocycles. The number of nitriles is 1. The summed E-state index contributed by atoms with van der Waals surface area (Å²) < 4.78 is 11.6. The van der Waals surface area contributed by atoms with Crippen molar-refractivity contribution in [2.24, 2.45) is 5.92 Å². The third-order valence-corrected chi connectivity index (χ3v) is 3.49. The number of nitrogens with zero attached hydrogens (tertiary/aromatic N) is 1. The first-order chi connectivity index (χ1) is 9.33. The van der Waals surface area contributed by atoms with Crippen molar-refractivity contribution in [2.75, 3.05) is 13.2 Å². The van der Waals surface area contributed by atoms with Crippen LogP contribution in [-0.4, -0.2) is 20.3 Å². The minimum Gasteiger partial charge on any atom is -0.407 e. The second-order valence-corrected chi connectivity index (χ2v) is 5.09. The van der Waals surface area contributed by atoms with E-state index in [-0.39, 0.29) is 7.12 Å². The minimum atomic E-state index is -0.268. The van der Waals surface area contributed by atoms with E-state index in [4.69, 9.17) is 14.6 Å². The molecule has 0 N–H and O–H groups in total. The summed E-state index contributed by atoms with van der Waals surface area (Å²) >= 11 is 0. The van der Waals surface area contributed by atoms with E-state index in [9.17, 15) is 0 Å². The summed E-state index contributed by atoms with van der Waals surface area (Å²) in [7, 11) is -0.268. The zero-order valence-electron chi connectivity index (χ0n) is 11.5. The molecule has 1 aromatic carbocycles. The van der Waals surface area contributed by atoms with E-state index in [1.165, 1.54) is 25.7 Å². The van der Waals surface area contributed by atoms with Crippen LogP contribution in [0.4, 0.5) is 0 Å². The zero-order chi connectivity index (χ0) is 13.5. The molecule has 0 aliphatic carbocycles. The molecule has 1 aliphatic rings. The molecule has 2 rings (SSSR count). The number of rotatable bonds is 5. The van der Waals surface area contributed by atoms with Crippen molar-refractivity contribution in [3.05, 3.63) is 29.8 Å². The van der Waals surface area contributed by atoms with Crippen LogP contribution >= 0.6 is 0 Å². The Hall–Kier alpha value is -1.31. The van der Waals surface area contributed by atoms with Crippen molar-refractivity contribution >= 4 is 12.6 Å². The average molecular weight is 257 g/mol. The Morgan fingerprint density at radius 3 is 2.47 bits per heavy atom. The Kier molecular flexibility index (Phi) is 5.44. The van der Waals surface area contributed by atoms with Crippen LogP contribution in [0.3, 0.4) is 0 Å². The van der Waals surface area contributed by atoms with Crippen molar-refractivity contribution in [2.45, 2.75) is 32.6 Å². The van der Waals surface area contributed by atoms with E-state index in [0.717, 1.165) is 18.7 Å². The van der Waals surface area contributed by atoms with Crippen LogP contribution in [0.15, 0.2) is 24.3 Å². The van der Waals surface area contributed by atoms with Crippen LogP contribution in [0.2, 0.25) is 0 Å². The van der Waals surface area contributed by atoms with Gasteiger partial charge < -0.3 is 9.31 Å². The van der Waals surface area contributed by atoms with E-state index in [1.807, 2.05) is 12.1 Å². The average Bonchev–Trinajstić information content (AvgIpc) is 2.48. The first-order valence-electron chi connectivity index (χ1n) is 7.06. The van der Waals surface area contributed by atoms with Gasteiger partial charge in [-0.3, -0.25) is 0 Å². The molecule has 0 spiro atoms. The van der Waals surface area contributed by atoms with Crippen LogP contribution < -0.4 is 5.46 Å². The summed E-state index contributed by atoms with van der Waals surface area (Å²) in [6.45, 7) is 3.76. The highest BCUT2D eigenvalue weighted by Gasteiger charge is 2.28. The van der Waals surface area contributed by atoms with Gasteiger partial charge in [0.1, 0.15) is 0 Å². The van der Waals surface area contributed by atoms with Gasteiger partial charge in [0.15, 0.2) is 0 Å². The van der Waals surface area contributed by atoms with Crippen LogP contribution in [0, 0.1) is 17.2 Å². The molecule has 0 unspecified atom stereocenters. The van der Waals surface area contributed by atoms with Crippen LogP contribution in [0.25, 0.3) is 0 Å². The van der Waals surface area contributed by atoms with Crippen molar-refractivity contribution < 1.29 is 9.31 Å². The van der Waals surface area contributed by atoms with Crippen LogP contribution in [0.5, 0.6) is 0 Å². The first-order valence-corrected chi connectivity index (χ1v) is 7.06. The van der Waals surface area contributed by atoms with Crippen molar-refractivity contribution in [3.8, 4) is 6.07 Å². The standard InChI is InChI=1S/C15H20BNO2/c1-2-3-4-5-14-11-18-16(19-12-14)15-8-6-13(10-17)7-9-15/h6-9,14H,2-5,11-12H2,1H3. The zero-order valence-corrected chi connectivity index (χ0v) is 11.5. The van der Waals surface area contributed by atoms with Gasteiger partial charge >= 0.3 is 7.12 Å². The quantitative estimate of drug-likeness (QED) is 0.601. The van der Waals surface area contributed by atoms with Gasteiger partial charge in [0.05, 0.1) is 11.6 Å². The fourth-order valence-electron chi connectivity index (χ4n) is 2.30. The third kappa shape index (κ3) is 4.09. The van der Waals surface area contributed by atoms with Gasteiger partial charge in [-0.05, 0) is 24.0 Å². The van der Waals surface area contributed by atoms with Gasteiger partial charge in [0.25, 0.3) is 0 Å². The van der Waals surface area contributed by atoms with Gasteiger partial charge in [0.2, 0.25) is 0 Å². The van der Waals surface area contributed by atoms with Crippen molar-refractivity contribution in [1.29, 1.82) is 5.26 Å². The summed E-state index contributed by atoms with van der Waals surface area (Å²) in [5.74, 6) is 0.529. The maximum absolute atomic E-state index is 8.76. The molecule has 1 fully saturated rings. The molecule has 0 aromatic heterocycles. The Balaban J connectivity index is 1.80. The molecule has 1 saturated heterocycles. The SMILES string of the molecule is CCCCCC1COB(c2ccc(C#N)cc2)OC1. The normalized spacial score (nSPS) is 16.3. The van der Waals surface area contributed by atoms with Gasteiger partial charge in [0, 0.05) is 19.1 Å². The third-order valence-electron chi connectivity index (χ3n) is 3.49. The molecule has 3 nitrogen and oxygen atoms in total. The number of benzene rings is 1. The lowest BCUT2D eigenvalue weighted by molar-refractivity contribution is 0.0811. The van der Waals surface area contributed by atoms with Crippen molar-refractivity contribution in [1.82, 2.24) is 0 Å². The van der Waals surface area contributed by atoms with E-state index < -0.39 is 0 Å². The molecule has 4 heteroatoms. The first kappa shape index (κ1) is 14.1. The fourth-order valence-corrected chi connectivity index (χ4v) is 2.30. The van der Waals surface area contributed by atoms with E-state index in [1.54, 1.807) is 12.1 Å². The van der Waals surface area contributed by atoms with Gasteiger partial charge in [-0.2, -0.15) is 5.26 Å². The number of unbranched alkanes of at least 4 members (excludes halogenated alkanes) is 2. The predicted octanol–water partition coefficient (Wildman–Crippen LogP) is 2.50. The van der Waals surface area contributed by atoms with Gasteiger partial charge in [-0.25, -0.2) is 0 Å². The molecule has 0 radical (unpaired) electrons. The van der Waals surface area contributed by atoms with E-state index in [0.29, 0.717) is 11.5 Å². The smallest absolute Gasteiger partial charge is 0.407 e. The van der Waals surface area contributed by atoms with E-state index in [2.05, 4.69) is 13.0 Å². The summed E-state index contributed by atoms with van der Waals surface area (Å²) in [6.07, 6.45) is 4.99. The maximum Gasteiger partial charge on any atom is 0.493 e. The lowest BCUT2D eigenvalue weighted by Gasteiger charge is -2.27. The van der Waals surface area contributed by atoms with Gasteiger partial charge in [-0.15, -0.1) is 0 Å². The molecule has 0 amide bonds. The largest absolute Gasteiger partial charge is 0.493 e. The molecule has 0 atom stereocenters. The van der Waals surface area contributed by atoms with Crippen molar-refractivity contribution in [3.63, 3.8) is 0 Å². The molecule has 0 bridgehead atoms. The fraction of sp³-hybridized carbons (Fsp3) is 0.533. The predicted molar refractivity (Wildman–Crippen MR) is 76.1 cm³/mol. The highest BCUT2D eigenvalue weighted by Crippen LogP contribution is 2.16. The number of hydrogen-bond donors (Lipinski definition) is 0. The summed E-state index contributed by atoms with van der Waals surface area (Å²) in [5, 5.41) is 8.76. The Morgan fingerprint density at radius 1 is 1.21 bits per heavy atom. The highest BCUT2D eigenvalue weighted by molar-refractivity contribution is 6.61. The molecule has 19 heavy (non-hydrogen) atoms. The topological polar surface area (TPSA) is 42.2 Å². The maximum atomic E-state index is 8.76. The van der Waals surface area contributed by atoms with Crippen LogP contribution in [0.1, 0.15) is 38.2 Å². The van der Waals surface area contributed by atoms with Gasteiger partial charge in [-0.1, -0.05) is 38.3 Å². The lowest BCUT2D eigenvalue weighted by atomic mass is 9.77. The Labute approximate surface area is 115 Å². The Morgan fingerprint density at radius 2 is 1.89 bits per heavy atom. The highest BCUT2D eigenvalue weighted by atomic mass is 16.6. The summed E-state index contributed by atoms with van der Waals surface area (Å²) in [5.41, 5.74) is 1.66. The lowest BCUT2D eigenvalue weighted by Crippen LogP contribution is -2.44. The molecule has 1 heterocycles. The second-order valence-electron chi connectivity index (χ2n) is 5.09. The minimum absolute atomic E-state index is 0.268. The molecule has 0 saturated carbocycles. The monoisotopic (exact) mass is 257 g/mol. The van der Waals surface area contributed by atoms with Crippen LogP contribution in [-0.2, 0) is 9.31 Å². The summed E-state index contributed by atoms with van der Waals surface area (Å²) in [4.78, 5) is 0. The molecular weight excluding hydrogens is 237 g/mol. The molecule has 1 aromatic rings. The molecule has 100 valence electrons. The molecular formula is C15H20BNO2. The Bertz CT molecular complexity index is 419.